The molecule has 1 atom stereocenters. The minimum absolute atomic E-state index is 0.289. The average Bonchev–Trinajstić information content (AvgIpc) is 2.65. The fourth-order valence-corrected chi connectivity index (χ4v) is 2.28. The molecule has 1 saturated heterocycles. The Morgan fingerprint density at radius 2 is 2.14 bits per heavy atom. The molecule has 0 aliphatic carbocycles. The van der Waals surface area contributed by atoms with Crippen molar-refractivity contribution >= 4 is 15.9 Å². The molecule has 0 saturated carbocycles. The smallest absolute Gasteiger partial charge is 0.174 e. The molecule has 14 heavy (non-hydrogen) atoms. The highest BCUT2D eigenvalue weighted by atomic mass is 79.9. The largest absolute Gasteiger partial charge is 0.457 e. The van der Waals surface area contributed by atoms with Crippen molar-refractivity contribution in [3.8, 4) is 0 Å². The highest BCUT2D eigenvalue weighted by molar-refractivity contribution is 9.10. The normalized spacial score (nSPS) is 21.0. The molecule has 0 amide bonds. The number of ether oxygens (including phenoxy) is 1. The molecule has 4 heteroatoms. The van der Waals surface area contributed by atoms with E-state index >= 15 is 0 Å². The molecular formula is C10H13BrO3. The van der Waals surface area contributed by atoms with Crippen LogP contribution in [0.3, 0.4) is 0 Å². The maximum absolute atomic E-state index is 10.1. The first-order valence-electron chi connectivity index (χ1n) is 4.77. The number of furan rings is 1. The van der Waals surface area contributed by atoms with E-state index in [1.165, 1.54) is 0 Å². The zero-order valence-corrected chi connectivity index (χ0v) is 9.37. The van der Waals surface area contributed by atoms with E-state index in [1.54, 1.807) is 6.26 Å². The molecule has 0 spiro atoms. The Bertz CT molecular complexity index is 291. The zero-order valence-electron chi connectivity index (χ0n) is 7.78. The quantitative estimate of drug-likeness (QED) is 0.889. The SMILES string of the molecule is OC(c1ccoc1Br)C1CCOCC1. The lowest BCUT2D eigenvalue weighted by Crippen LogP contribution is -2.21. The Morgan fingerprint density at radius 1 is 1.43 bits per heavy atom. The lowest BCUT2D eigenvalue weighted by molar-refractivity contribution is 0.00663. The Labute approximate surface area is 91.2 Å². The van der Waals surface area contributed by atoms with Crippen LogP contribution >= 0.6 is 15.9 Å². The second kappa shape index (κ2) is 4.47. The third-order valence-corrected chi connectivity index (χ3v) is 3.32. The van der Waals surface area contributed by atoms with Gasteiger partial charge in [0.25, 0.3) is 0 Å². The van der Waals surface area contributed by atoms with Crippen LogP contribution in [-0.4, -0.2) is 18.3 Å². The Balaban J connectivity index is 2.07. The van der Waals surface area contributed by atoms with Gasteiger partial charge < -0.3 is 14.3 Å². The van der Waals surface area contributed by atoms with Crippen molar-refractivity contribution in [2.24, 2.45) is 5.92 Å². The Hall–Kier alpha value is -0.320. The second-order valence-electron chi connectivity index (χ2n) is 3.54. The van der Waals surface area contributed by atoms with E-state index in [4.69, 9.17) is 9.15 Å². The fraction of sp³-hybridized carbons (Fsp3) is 0.600. The van der Waals surface area contributed by atoms with E-state index in [2.05, 4.69) is 15.9 Å². The van der Waals surface area contributed by atoms with Gasteiger partial charge in [-0.3, -0.25) is 0 Å². The van der Waals surface area contributed by atoms with Gasteiger partial charge in [0.1, 0.15) is 0 Å². The van der Waals surface area contributed by atoms with Gasteiger partial charge in [-0.2, -0.15) is 0 Å². The summed E-state index contributed by atoms with van der Waals surface area (Å²) in [5.41, 5.74) is 0.844. The van der Waals surface area contributed by atoms with Gasteiger partial charge in [0.2, 0.25) is 0 Å². The summed E-state index contributed by atoms with van der Waals surface area (Å²) in [5, 5.41) is 10.1. The minimum Gasteiger partial charge on any atom is -0.457 e. The molecule has 1 aromatic heterocycles. The summed E-state index contributed by atoms with van der Waals surface area (Å²) in [4.78, 5) is 0. The van der Waals surface area contributed by atoms with Gasteiger partial charge in [-0.15, -0.1) is 0 Å². The Kier molecular flexibility index (Phi) is 3.26. The summed E-state index contributed by atoms with van der Waals surface area (Å²) < 4.78 is 11.0. The van der Waals surface area contributed by atoms with Gasteiger partial charge >= 0.3 is 0 Å². The molecule has 0 aromatic carbocycles. The van der Waals surface area contributed by atoms with Gasteiger partial charge in [-0.1, -0.05) is 0 Å². The maximum Gasteiger partial charge on any atom is 0.174 e. The van der Waals surface area contributed by atoms with E-state index in [-0.39, 0.29) is 5.92 Å². The first kappa shape index (κ1) is 10.2. The van der Waals surface area contributed by atoms with Crippen LogP contribution in [0, 0.1) is 5.92 Å². The molecule has 1 aromatic rings. The van der Waals surface area contributed by atoms with Crippen LogP contribution in [0.15, 0.2) is 21.4 Å². The van der Waals surface area contributed by atoms with Crippen molar-refractivity contribution in [1.82, 2.24) is 0 Å². The third kappa shape index (κ3) is 2.02. The summed E-state index contributed by atoms with van der Waals surface area (Å²) in [7, 11) is 0. The molecule has 0 radical (unpaired) electrons. The van der Waals surface area contributed by atoms with E-state index in [9.17, 15) is 5.11 Å². The van der Waals surface area contributed by atoms with Crippen molar-refractivity contribution in [3.05, 3.63) is 22.6 Å². The monoisotopic (exact) mass is 260 g/mol. The molecule has 1 fully saturated rings. The number of aliphatic hydroxyl groups is 1. The molecule has 1 aliphatic rings. The van der Waals surface area contributed by atoms with E-state index in [1.807, 2.05) is 6.07 Å². The lowest BCUT2D eigenvalue weighted by atomic mass is 9.91. The zero-order chi connectivity index (χ0) is 9.97. The van der Waals surface area contributed by atoms with Crippen molar-refractivity contribution in [2.45, 2.75) is 18.9 Å². The van der Waals surface area contributed by atoms with Crippen molar-refractivity contribution in [1.29, 1.82) is 0 Å². The fourth-order valence-electron chi connectivity index (χ4n) is 1.80. The summed E-state index contributed by atoms with van der Waals surface area (Å²) in [5.74, 6) is 0.289. The van der Waals surface area contributed by atoms with Crippen LogP contribution in [-0.2, 0) is 4.74 Å². The lowest BCUT2D eigenvalue weighted by Gasteiger charge is -2.26. The predicted molar refractivity (Wildman–Crippen MR) is 54.9 cm³/mol. The van der Waals surface area contributed by atoms with Gasteiger partial charge in [0, 0.05) is 18.8 Å². The molecule has 2 heterocycles. The first-order chi connectivity index (χ1) is 6.79. The van der Waals surface area contributed by atoms with Gasteiger partial charge in [-0.05, 0) is 40.8 Å². The summed E-state index contributed by atoms with van der Waals surface area (Å²) in [6.07, 6.45) is 2.98. The topological polar surface area (TPSA) is 42.6 Å². The number of halogens is 1. The molecule has 2 rings (SSSR count). The Morgan fingerprint density at radius 3 is 2.71 bits per heavy atom. The number of hydrogen-bond donors (Lipinski definition) is 1. The van der Waals surface area contributed by atoms with E-state index in [0.717, 1.165) is 31.6 Å². The molecular weight excluding hydrogens is 248 g/mol. The number of hydrogen-bond acceptors (Lipinski definition) is 3. The first-order valence-corrected chi connectivity index (χ1v) is 5.57. The van der Waals surface area contributed by atoms with Crippen LogP contribution in [0.4, 0.5) is 0 Å². The third-order valence-electron chi connectivity index (χ3n) is 2.68. The van der Waals surface area contributed by atoms with Crippen LogP contribution in [0.1, 0.15) is 24.5 Å². The average molecular weight is 261 g/mol. The van der Waals surface area contributed by atoms with Gasteiger partial charge in [0.05, 0.1) is 12.4 Å². The number of rotatable bonds is 2. The van der Waals surface area contributed by atoms with Crippen molar-refractivity contribution in [3.63, 3.8) is 0 Å². The molecule has 3 nitrogen and oxygen atoms in total. The second-order valence-corrected chi connectivity index (χ2v) is 4.26. The summed E-state index contributed by atoms with van der Waals surface area (Å²) in [6, 6.07) is 1.81. The molecule has 1 N–H and O–H groups in total. The molecule has 0 bridgehead atoms. The van der Waals surface area contributed by atoms with Crippen LogP contribution in [0.25, 0.3) is 0 Å². The molecule has 1 unspecified atom stereocenters. The van der Waals surface area contributed by atoms with Crippen LogP contribution in [0.5, 0.6) is 0 Å². The van der Waals surface area contributed by atoms with Gasteiger partial charge in [0.15, 0.2) is 4.67 Å². The predicted octanol–water partition coefficient (Wildman–Crippen LogP) is 2.50. The summed E-state index contributed by atoms with van der Waals surface area (Å²) >= 11 is 3.28. The van der Waals surface area contributed by atoms with Gasteiger partial charge in [-0.25, -0.2) is 0 Å². The van der Waals surface area contributed by atoms with Crippen LogP contribution < -0.4 is 0 Å². The van der Waals surface area contributed by atoms with Crippen LogP contribution in [0.2, 0.25) is 0 Å². The van der Waals surface area contributed by atoms with Crippen molar-refractivity contribution < 1.29 is 14.3 Å². The number of aliphatic hydroxyl groups excluding tert-OH is 1. The van der Waals surface area contributed by atoms with Crippen molar-refractivity contribution in [2.75, 3.05) is 13.2 Å². The van der Waals surface area contributed by atoms with E-state index in [0.29, 0.717) is 4.67 Å². The standard InChI is InChI=1S/C10H13BrO3/c11-10-8(3-6-14-10)9(12)7-1-4-13-5-2-7/h3,6-7,9,12H,1-2,4-5H2. The molecule has 1 aliphatic heterocycles. The highest BCUT2D eigenvalue weighted by Gasteiger charge is 2.25. The molecule has 78 valence electrons. The maximum atomic E-state index is 10.1. The van der Waals surface area contributed by atoms with E-state index < -0.39 is 6.10 Å². The minimum atomic E-state index is -0.438. The highest BCUT2D eigenvalue weighted by Crippen LogP contribution is 2.34. The summed E-state index contributed by atoms with van der Waals surface area (Å²) in [6.45, 7) is 1.49.